The van der Waals surface area contributed by atoms with E-state index in [0.29, 0.717) is 10.7 Å². The molecule has 0 radical (unpaired) electrons. The number of nitrogens with one attached hydrogen (secondary N) is 2. The number of hydrazone groups is 1. The summed E-state index contributed by atoms with van der Waals surface area (Å²) in [6.07, 6.45) is 1.41. The summed E-state index contributed by atoms with van der Waals surface area (Å²) < 4.78 is 0. The molecule has 102 valence electrons. The van der Waals surface area contributed by atoms with Crippen molar-refractivity contribution in [2.24, 2.45) is 5.10 Å². The maximum absolute atomic E-state index is 9.56. The van der Waals surface area contributed by atoms with Crippen LogP contribution in [0.25, 0.3) is 0 Å². The van der Waals surface area contributed by atoms with Crippen molar-refractivity contribution in [1.82, 2.24) is 5.43 Å². The highest BCUT2D eigenvalue weighted by molar-refractivity contribution is 7.80. The molecule has 2 aromatic rings. The van der Waals surface area contributed by atoms with Crippen LogP contribution in [0.5, 0.6) is 11.5 Å². The van der Waals surface area contributed by atoms with Crippen molar-refractivity contribution in [3.05, 3.63) is 54.1 Å². The summed E-state index contributed by atoms with van der Waals surface area (Å²) in [7, 11) is 0. The van der Waals surface area contributed by atoms with E-state index < -0.39 is 0 Å². The Kier molecular flexibility index (Phi) is 4.52. The minimum atomic E-state index is -0.0579. The number of nitrogens with zero attached hydrogens (tertiary/aromatic N) is 1. The molecule has 4 N–H and O–H groups in total. The second-order valence-corrected chi connectivity index (χ2v) is 4.34. The molecule has 2 rings (SSSR count). The van der Waals surface area contributed by atoms with E-state index in [0.717, 1.165) is 5.69 Å². The zero-order valence-electron chi connectivity index (χ0n) is 10.4. The van der Waals surface area contributed by atoms with Gasteiger partial charge in [0.25, 0.3) is 0 Å². The zero-order chi connectivity index (χ0) is 14.4. The molecule has 0 saturated carbocycles. The number of benzene rings is 2. The van der Waals surface area contributed by atoms with E-state index in [1.165, 1.54) is 18.3 Å². The molecule has 0 spiro atoms. The van der Waals surface area contributed by atoms with E-state index in [2.05, 4.69) is 15.8 Å². The fourth-order valence-electron chi connectivity index (χ4n) is 1.48. The summed E-state index contributed by atoms with van der Waals surface area (Å²) in [6.45, 7) is 0. The minimum Gasteiger partial charge on any atom is -0.508 e. The third-order valence-corrected chi connectivity index (χ3v) is 2.61. The number of anilines is 1. The van der Waals surface area contributed by atoms with Gasteiger partial charge in [0.05, 0.1) is 6.21 Å². The molecule has 0 aliphatic rings. The molecule has 0 bridgehead atoms. The van der Waals surface area contributed by atoms with Gasteiger partial charge in [0.1, 0.15) is 11.5 Å². The van der Waals surface area contributed by atoms with Gasteiger partial charge in [-0.05, 0) is 36.5 Å². The lowest BCUT2D eigenvalue weighted by Gasteiger charge is -2.06. The van der Waals surface area contributed by atoms with Gasteiger partial charge < -0.3 is 15.5 Å². The van der Waals surface area contributed by atoms with Crippen LogP contribution in [-0.2, 0) is 0 Å². The summed E-state index contributed by atoms with van der Waals surface area (Å²) >= 11 is 5.07. The largest absolute Gasteiger partial charge is 0.508 e. The molecule has 0 fully saturated rings. The molecule has 5 nitrogen and oxygen atoms in total. The van der Waals surface area contributed by atoms with E-state index in [-0.39, 0.29) is 11.5 Å². The number of aromatic hydroxyl groups is 2. The Labute approximate surface area is 121 Å². The quantitative estimate of drug-likeness (QED) is 0.396. The fraction of sp³-hybridized carbons (Fsp3) is 0. The maximum atomic E-state index is 9.56. The van der Waals surface area contributed by atoms with Gasteiger partial charge in [-0.15, -0.1) is 0 Å². The van der Waals surface area contributed by atoms with Crippen molar-refractivity contribution >= 4 is 29.2 Å². The average Bonchev–Trinajstić information content (AvgIpc) is 2.42. The highest BCUT2D eigenvalue weighted by atomic mass is 32.1. The van der Waals surface area contributed by atoms with Crippen LogP contribution in [0.3, 0.4) is 0 Å². The first-order valence-corrected chi connectivity index (χ1v) is 6.23. The Morgan fingerprint density at radius 3 is 2.55 bits per heavy atom. The Morgan fingerprint density at radius 2 is 1.85 bits per heavy atom. The van der Waals surface area contributed by atoms with Gasteiger partial charge in [-0.1, -0.05) is 18.2 Å². The van der Waals surface area contributed by atoms with Gasteiger partial charge in [0, 0.05) is 17.3 Å². The standard InChI is InChI=1S/C14H13N3O2S/c18-12-7-6-10(13(19)8-12)9-15-17-14(20)16-11-4-2-1-3-5-11/h1-9,18-19H,(H2,16,17,20)/b15-9-. The number of hydrogen-bond acceptors (Lipinski definition) is 4. The van der Waals surface area contributed by atoms with Crippen molar-refractivity contribution in [3.63, 3.8) is 0 Å². The molecular weight excluding hydrogens is 274 g/mol. The topological polar surface area (TPSA) is 76.9 Å². The van der Waals surface area contributed by atoms with Crippen LogP contribution in [0.15, 0.2) is 53.6 Å². The van der Waals surface area contributed by atoms with Crippen molar-refractivity contribution in [3.8, 4) is 11.5 Å². The zero-order valence-corrected chi connectivity index (χ0v) is 11.3. The molecule has 0 amide bonds. The molecule has 20 heavy (non-hydrogen) atoms. The van der Waals surface area contributed by atoms with Crippen LogP contribution < -0.4 is 10.7 Å². The first-order valence-electron chi connectivity index (χ1n) is 5.82. The Hall–Kier alpha value is -2.60. The number of phenols is 2. The highest BCUT2D eigenvalue weighted by Crippen LogP contribution is 2.20. The molecule has 0 aromatic heterocycles. The van der Waals surface area contributed by atoms with E-state index in [1.54, 1.807) is 6.07 Å². The molecule has 0 saturated heterocycles. The molecule has 2 aromatic carbocycles. The van der Waals surface area contributed by atoms with E-state index in [1.807, 2.05) is 30.3 Å². The van der Waals surface area contributed by atoms with Gasteiger partial charge in [0.15, 0.2) is 5.11 Å². The van der Waals surface area contributed by atoms with Crippen LogP contribution in [-0.4, -0.2) is 21.5 Å². The minimum absolute atomic E-state index is 0.00567. The molecule has 0 unspecified atom stereocenters. The molecule has 0 heterocycles. The smallest absolute Gasteiger partial charge is 0.191 e. The lowest BCUT2D eigenvalue weighted by atomic mass is 10.2. The molecule has 6 heteroatoms. The van der Waals surface area contributed by atoms with Crippen LogP contribution in [0.4, 0.5) is 5.69 Å². The summed E-state index contributed by atoms with van der Waals surface area (Å²) in [6, 6.07) is 13.7. The Bertz CT molecular complexity index is 630. The van der Waals surface area contributed by atoms with Gasteiger partial charge in [-0.25, -0.2) is 0 Å². The van der Waals surface area contributed by atoms with Crippen molar-refractivity contribution in [1.29, 1.82) is 0 Å². The lowest BCUT2D eigenvalue weighted by molar-refractivity contribution is 0.450. The SMILES string of the molecule is Oc1ccc(/C=N\NC(=S)Nc2ccccc2)c(O)c1. The van der Waals surface area contributed by atoms with Crippen LogP contribution in [0.1, 0.15) is 5.56 Å². The lowest BCUT2D eigenvalue weighted by Crippen LogP contribution is -2.23. The number of para-hydroxylation sites is 1. The Balaban J connectivity index is 1.91. The third-order valence-electron chi connectivity index (χ3n) is 2.42. The molecule has 0 aliphatic heterocycles. The van der Waals surface area contributed by atoms with E-state index >= 15 is 0 Å². The summed E-state index contributed by atoms with van der Waals surface area (Å²) in [5.74, 6) is -0.0636. The van der Waals surface area contributed by atoms with Crippen molar-refractivity contribution in [2.45, 2.75) is 0 Å². The maximum Gasteiger partial charge on any atom is 0.191 e. The van der Waals surface area contributed by atoms with Gasteiger partial charge in [-0.3, -0.25) is 5.43 Å². The number of hydrogen-bond donors (Lipinski definition) is 4. The molecule has 0 aliphatic carbocycles. The monoisotopic (exact) mass is 287 g/mol. The average molecular weight is 287 g/mol. The third kappa shape index (κ3) is 3.96. The van der Waals surface area contributed by atoms with E-state index in [4.69, 9.17) is 17.3 Å². The van der Waals surface area contributed by atoms with Crippen LogP contribution in [0.2, 0.25) is 0 Å². The summed E-state index contributed by atoms with van der Waals surface area (Å²) in [5, 5.41) is 25.9. The number of phenolic OH excluding ortho intramolecular Hbond substituents is 2. The highest BCUT2D eigenvalue weighted by Gasteiger charge is 1.99. The van der Waals surface area contributed by atoms with Crippen molar-refractivity contribution < 1.29 is 10.2 Å². The first kappa shape index (κ1) is 13.8. The van der Waals surface area contributed by atoms with Gasteiger partial charge >= 0.3 is 0 Å². The van der Waals surface area contributed by atoms with Gasteiger partial charge in [-0.2, -0.15) is 5.10 Å². The number of rotatable bonds is 3. The Morgan fingerprint density at radius 1 is 1.10 bits per heavy atom. The molecular formula is C14H13N3O2S. The normalized spacial score (nSPS) is 10.4. The second kappa shape index (κ2) is 6.53. The van der Waals surface area contributed by atoms with Crippen molar-refractivity contribution in [2.75, 3.05) is 5.32 Å². The van der Waals surface area contributed by atoms with E-state index in [9.17, 15) is 5.11 Å². The van der Waals surface area contributed by atoms with Crippen LogP contribution in [0, 0.1) is 0 Å². The summed E-state index contributed by atoms with van der Waals surface area (Å²) in [5.41, 5.74) is 3.96. The predicted octanol–water partition coefficient (Wildman–Crippen LogP) is 2.42. The molecule has 0 atom stereocenters. The number of thiocarbonyl (C=S) groups is 1. The second-order valence-electron chi connectivity index (χ2n) is 3.93. The van der Waals surface area contributed by atoms with Gasteiger partial charge in [0.2, 0.25) is 0 Å². The van der Waals surface area contributed by atoms with Crippen LogP contribution >= 0.6 is 12.2 Å². The predicted molar refractivity (Wildman–Crippen MR) is 83.2 cm³/mol. The summed E-state index contributed by atoms with van der Waals surface area (Å²) in [4.78, 5) is 0. The first-order chi connectivity index (χ1) is 9.65. The fourth-order valence-corrected chi connectivity index (χ4v) is 1.65.